The lowest BCUT2D eigenvalue weighted by molar-refractivity contribution is -0.122. The molecule has 0 aromatic carbocycles. The lowest BCUT2D eigenvalue weighted by Gasteiger charge is -2.02. The first kappa shape index (κ1) is 10.8. The van der Waals surface area contributed by atoms with Gasteiger partial charge in [0, 0.05) is 18.3 Å². The molecule has 0 atom stereocenters. The molecule has 0 unspecified atom stereocenters. The molecule has 0 spiro atoms. The monoisotopic (exact) mass is 203 g/mol. The number of amides is 1. The Morgan fingerprint density at radius 2 is 1.92 bits per heavy atom. The van der Waals surface area contributed by atoms with Crippen molar-refractivity contribution in [3.8, 4) is 0 Å². The Bertz CT molecular complexity index is 157. The summed E-state index contributed by atoms with van der Waals surface area (Å²) < 4.78 is 0. The summed E-state index contributed by atoms with van der Waals surface area (Å²) in [6.07, 6.45) is 6.74. The van der Waals surface area contributed by atoms with Crippen LogP contribution in [0.5, 0.6) is 0 Å². The van der Waals surface area contributed by atoms with Crippen LogP contribution in [0.3, 0.4) is 0 Å². The van der Waals surface area contributed by atoms with E-state index in [4.69, 9.17) is 11.6 Å². The molecule has 3 heteroatoms. The van der Waals surface area contributed by atoms with Crippen LogP contribution in [-0.4, -0.2) is 18.3 Å². The van der Waals surface area contributed by atoms with Crippen LogP contribution < -0.4 is 5.32 Å². The van der Waals surface area contributed by atoms with Gasteiger partial charge >= 0.3 is 0 Å². The smallest absolute Gasteiger partial charge is 0.223 e. The molecule has 1 fully saturated rings. The topological polar surface area (TPSA) is 29.1 Å². The fourth-order valence-corrected chi connectivity index (χ4v) is 1.46. The molecule has 1 aliphatic carbocycles. The van der Waals surface area contributed by atoms with Crippen molar-refractivity contribution in [1.29, 1.82) is 0 Å². The number of halogens is 1. The second-order valence-electron chi connectivity index (χ2n) is 3.67. The van der Waals surface area contributed by atoms with E-state index in [1.54, 1.807) is 0 Å². The number of carbonyl (C=O) groups is 1. The van der Waals surface area contributed by atoms with Crippen LogP contribution in [0.4, 0.5) is 0 Å². The highest BCUT2D eigenvalue weighted by Crippen LogP contribution is 2.28. The number of alkyl halides is 1. The van der Waals surface area contributed by atoms with Gasteiger partial charge in [0.2, 0.25) is 5.91 Å². The first-order valence-electron chi connectivity index (χ1n) is 5.18. The second-order valence-corrected chi connectivity index (χ2v) is 4.05. The molecule has 1 rings (SSSR count). The second kappa shape index (κ2) is 6.25. The van der Waals surface area contributed by atoms with Crippen molar-refractivity contribution in [2.24, 2.45) is 5.92 Å². The van der Waals surface area contributed by atoms with Crippen LogP contribution in [-0.2, 0) is 4.79 Å². The van der Waals surface area contributed by atoms with Crippen molar-refractivity contribution in [2.45, 2.75) is 38.5 Å². The minimum atomic E-state index is 0.261. The highest BCUT2D eigenvalue weighted by Gasteiger charge is 2.28. The van der Waals surface area contributed by atoms with Crippen LogP contribution in [0.15, 0.2) is 0 Å². The number of rotatable bonds is 7. The predicted molar refractivity (Wildman–Crippen MR) is 54.9 cm³/mol. The highest BCUT2D eigenvalue weighted by atomic mass is 35.5. The van der Waals surface area contributed by atoms with E-state index in [1.165, 1.54) is 12.8 Å². The average Bonchev–Trinajstić information content (AvgIpc) is 2.93. The number of nitrogens with one attached hydrogen (secondary N) is 1. The van der Waals surface area contributed by atoms with E-state index in [9.17, 15) is 4.79 Å². The highest BCUT2D eigenvalue weighted by molar-refractivity contribution is 6.17. The molecule has 0 bridgehead atoms. The molecule has 0 aromatic rings. The average molecular weight is 204 g/mol. The Morgan fingerprint density at radius 3 is 2.54 bits per heavy atom. The summed E-state index contributed by atoms with van der Waals surface area (Å²) in [6.45, 7) is 0.845. The zero-order valence-electron chi connectivity index (χ0n) is 8.02. The van der Waals surface area contributed by atoms with Crippen molar-refractivity contribution in [3.05, 3.63) is 0 Å². The Balaban J connectivity index is 1.80. The Hall–Kier alpha value is -0.240. The first-order valence-corrected chi connectivity index (χ1v) is 5.71. The predicted octanol–water partition coefficient (Wildman–Crippen LogP) is 2.31. The molecule has 76 valence electrons. The van der Waals surface area contributed by atoms with E-state index in [2.05, 4.69) is 5.32 Å². The molecule has 0 saturated heterocycles. The van der Waals surface area contributed by atoms with Crippen LogP contribution in [0.25, 0.3) is 0 Å². The van der Waals surface area contributed by atoms with E-state index < -0.39 is 0 Å². The van der Waals surface area contributed by atoms with Crippen molar-refractivity contribution < 1.29 is 4.79 Å². The van der Waals surface area contributed by atoms with Crippen molar-refractivity contribution in [1.82, 2.24) is 5.32 Å². The molecule has 0 heterocycles. The van der Waals surface area contributed by atoms with Gasteiger partial charge in [-0.1, -0.05) is 12.8 Å². The van der Waals surface area contributed by atoms with Gasteiger partial charge in [0.05, 0.1) is 0 Å². The van der Waals surface area contributed by atoms with Crippen LogP contribution in [0, 0.1) is 5.92 Å². The summed E-state index contributed by atoms with van der Waals surface area (Å²) >= 11 is 5.54. The number of hydrogen-bond acceptors (Lipinski definition) is 1. The maximum atomic E-state index is 11.2. The third-order valence-corrected chi connectivity index (χ3v) is 2.58. The molecule has 13 heavy (non-hydrogen) atoms. The van der Waals surface area contributed by atoms with Gasteiger partial charge in [-0.3, -0.25) is 4.79 Å². The van der Waals surface area contributed by atoms with Gasteiger partial charge in [0.1, 0.15) is 0 Å². The molecule has 1 N–H and O–H groups in total. The van der Waals surface area contributed by atoms with Gasteiger partial charge in [-0.05, 0) is 25.7 Å². The minimum Gasteiger partial charge on any atom is -0.356 e. The molecule has 0 radical (unpaired) electrons. The Kier molecular flexibility index (Phi) is 5.21. The van der Waals surface area contributed by atoms with Crippen LogP contribution in [0.2, 0.25) is 0 Å². The minimum absolute atomic E-state index is 0.261. The van der Waals surface area contributed by atoms with Gasteiger partial charge in [-0.15, -0.1) is 11.6 Å². The molecular formula is C10H18ClNO. The number of unbranched alkanes of at least 4 members (excludes halogenated alkanes) is 3. The van der Waals surface area contributed by atoms with Gasteiger partial charge in [0.25, 0.3) is 0 Å². The maximum absolute atomic E-state index is 11.2. The van der Waals surface area contributed by atoms with Gasteiger partial charge in [-0.25, -0.2) is 0 Å². The summed E-state index contributed by atoms with van der Waals surface area (Å²) in [7, 11) is 0. The van der Waals surface area contributed by atoms with Gasteiger partial charge in [0.15, 0.2) is 0 Å². The molecule has 1 amide bonds. The van der Waals surface area contributed by atoms with E-state index in [0.717, 1.165) is 38.1 Å². The molecule has 2 nitrogen and oxygen atoms in total. The van der Waals surface area contributed by atoms with E-state index in [0.29, 0.717) is 5.92 Å². The number of carbonyl (C=O) groups excluding carboxylic acids is 1. The third kappa shape index (κ3) is 5.14. The largest absolute Gasteiger partial charge is 0.356 e. The van der Waals surface area contributed by atoms with Crippen molar-refractivity contribution >= 4 is 17.5 Å². The Morgan fingerprint density at radius 1 is 1.23 bits per heavy atom. The van der Waals surface area contributed by atoms with Crippen LogP contribution >= 0.6 is 11.6 Å². The maximum Gasteiger partial charge on any atom is 0.223 e. The third-order valence-electron chi connectivity index (χ3n) is 2.31. The SMILES string of the molecule is O=C(NCCCCCCCl)C1CC1. The fourth-order valence-electron chi connectivity index (χ4n) is 1.27. The van der Waals surface area contributed by atoms with Gasteiger partial charge in [-0.2, -0.15) is 0 Å². The fraction of sp³-hybridized carbons (Fsp3) is 0.900. The quantitative estimate of drug-likeness (QED) is 0.500. The van der Waals surface area contributed by atoms with Crippen LogP contribution in [0.1, 0.15) is 38.5 Å². The van der Waals surface area contributed by atoms with Crippen molar-refractivity contribution in [3.63, 3.8) is 0 Å². The van der Waals surface area contributed by atoms with Gasteiger partial charge < -0.3 is 5.32 Å². The summed E-state index contributed by atoms with van der Waals surface area (Å²) in [5.41, 5.74) is 0. The summed E-state index contributed by atoms with van der Waals surface area (Å²) in [5, 5.41) is 2.95. The molecule has 1 aliphatic rings. The van der Waals surface area contributed by atoms with E-state index >= 15 is 0 Å². The summed E-state index contributed by atoms with van der Waals surface area (Å²) in [5.74, 6) is 1.37. The summed E-state index contributed by atoms with van der Waals surface area (Å²) in [6, 6.07) is 0. The lowest BCUT2D eigenvalue weighted by atomic mass is 10.2. The lowest BCUT2D eigenvalue weighted by Crippen LogP contribution is -2.25. The zero-order chi connectivity index (χ0) is 9.52. The molecule has 1 saturated carbocycles. The Labute approximate surface area is 85.0 Å². The number of hydrogen-bond donors (Lipinski definition) is 1. The van der Waals surface area contributed by atoms with Crippen molar-refractivity contribution in [2.75, 3.05) is 12.4 Å². The standard InChI is InChI=1S/C10H18ClNO/c11-7-3-1-2-4-8-12-10(13)9-5-6-9/h9H,1-8H2,(H,12,13). The zero-order valence-corrected chi connectivity index (χ0v) is 8.78. The van der Waals surface area contributed by atoms with E-state index in [1.807, 2.05) is 0 Å². The molecule has 0 aromatic heterocycles. The molecular weight excluding hydrogens is 186 g/mol. The summed E-state index contributed by atoms with van der Waals surface area (Å²) in [4.78, 5) is 11.2. The molecule has 0 aliphatic heterocycles. The van der Waals surface area contributed by atoms with E-state index in [-0.39, 0.29) is 5.91 Å². The normalized spacial score (nSPS) is 15.8. The first-order chi connectivity index (χ1) is 6.34.